The van der Waals surface area contributed by atoms with E-state index in [2.05, 4.69) is 10.0 Å². The molecule has 0 aliphatic rings. The van der Waals surface area contributed by atoms with Gasteiger partial charge in [0.25, 0.3) is 0 Å². The highest BCUT2D eigenvalue weighted by atomic mass is 35.5. The quantitative estimate of drug-likeness (QED) is 0.731. The van der Waals surface area contributed by atoms with Gasteiger partial charge >= 0.3 is 0 Å². The zero-order valence-electron chi connectivity index (χ0n) is 16.0. The maximum Gasteiger partial charge on any atom is 0.241 e. The minimum Gasteiger partial charge on any atom is -0.349 e. The smallest absolute Gasteiger partial charge is 0.241 e. The van der Waals surface area contributed by atoms with Gasteiger partial charge < -0.3 is 5.32 Å². The number of hydrogen-bond acceptors (Lipinski definition) is 3. The topological polar surface area (TPSA) is 75.3 Å². The maximum atomic E-state index is 12.6. The van der Waals surface area contributed by atoms with Crippen molar-refractivity contribution in [3.8, 4) is 0 Å². The molecule has 0 saturated carbocycles. The number of halogens is 1. The minimum absolute atomic E-state index is 0.0240. The molecular weight excluding hydrogens is 384 g/mol. The Labute approximate surface area is 166 Å². The molecular formula is C20H25ClN2O3S. The number of carbonyl (C=O) groups is 1. The van der Waals surface area contributed by atoms with Crippen molar-refractivity contribution in [1.29, 1.82) is 0 Å². The molecule has 1 amide bonds. The first-order valence-corrected chi connectivity index (χ1v) is 10.6. The second kappa shape index (κ2) is 8.87. The first kappa shape index (κ1) is 21.4. The summed E-state index contributed by atoms with van der Waals surface area (Å²) in [7, 11) is -3.67. The van der Waals surface area contributed by atoms with Crippen LogP contribution in [0.1, 0.15) is 41.6 Å². The molecule has 0 radical (unpaired) electrons. The molecule has 1 atom stereocenters. The van der Waals surface area contributed by atoms with Gasteiger partial charge in [-0.15, -0.1) is 0 Å². The van der Waals surface area contributed by atoms with E-state index >= 15 is 0 Å². The summed E-state index contributed by atoms with van der Waals surface area (Å²) in [6, 6.07) is 10.7. The fourth-order valence-corrected chi connectivity index (χ4v) is 4.96. The molecule has 0 aliphatic heterocycles. The summed E-state index contributed by atoms with van der Waals surface area (Å²) >= 11 is 6.13. The average Bonchev–Trinajstić information content (AvgIpc) is 2.53. The lowest BCUT2D eigenvalue weighted by molar-refractivity contribution is -0.121. The Morgan fingerprint density at radius 3 is 2.30 bits per heavy atom. The number of sulfonamides is 1. The number of amides is 1. The molecule has 0 fully saturated rings. The van der Waals surface area contributed by atoms with Crippen LogP contribution in [0.3, 0.4) is 0 Å². The molecule has 0 spiro atoms. The molecule has 1 unspecified atom stereocenters. The molecule has 5 nitrogen and oxygen atoms in total. The Morgan fingerprint density at radius 2 is 1.70 bits per heavy atom. The highest BCUT2D eigenvalue weighted by Crippen LogP contribution is 2.23. The molecule has 2 N–H and O–H groups in total. The van der Waals surface area contributed by atoms with Crippen LogP contribution in [0.15, 0.2) is 41.3 Å². The Morgan fingerprint density at radius 1 is 1.11 bits per heavy atom. The zero-order chi connectivity index (χ0) is 20.2. The van der Waals surface area contributed by atoms with Crippen LogP contribution in [0, 0.1) is 20.8 Å². The monoisotopic (exact) mass is 408 g/mol. The molecule has 0 aliphatic carbocycles. The van der Waals surface area contributed by atoms with E-state index in [1.54, 1.807) is 19.9 Å². The summed E-state index contributed by atoms with van der Waals surface area (Å²) in [5.74, 6) is -0.248. The molecule has 27 heavy (non-hydrogen) atoms. The lowest BCUT2D eigenvalue weighted by atomic mass is 10.1. The van der Waals surface area contributed by atoms with E-state index in [0.717, 1.165) is 11.1 Å². The van der Waals surface area contributed by atoms with Crippen LogP contribution in [0.2, 0.25) is 5.02 Å². The molecule has 0 bridgehead atoms. The third-order valence-electron chi connectivity index (χ3n) is 4.27. The van der Waals surface area contributed by atoms with Gasteiger partial charge in [0.1, 0.15) is 0 Å². The number of nitrogens with one attached hydrogen (secondary N) is 2. The van der Waals surface area contributed by atoms with E-state index in [-0.39, 0.29) is 29.8 Å². The van der Waals surface area contributed by atoms with Crippen molar-refractivity contribution in [2.24, 2.45) is 0 Å². The molecule has 7 heteroatoms. The average molecular weight is 409 g/mol. The maximum absolute atomic E-state index is 12.6. The largest absolute Gasteiger partial charge is 0.349 e. The second-order valence-corrected chi connectivity index (χ2v) is 8.80. The third-order valence-corrected chi connectivity index (χ3v) is 6.38. The fraction of sp³-hybridized carbons (Fsp3) is 0.350. The van der Waals surface area contributed by atoms with Crippen molar-refractivity contribution in [3.63, 3.8) is 0 Å². The number of carbonyl (C=O) groups excluding carboxylic acids is 1. The van der Waals surface area contributed by atoms with Crippen LogP contribution < -0.4 is 10.0 Å². The van der Waals surface area contributed by atoms with Crippen LogP contribution in [0.25, 0.3) is 0 Å². The van der Waals surface area contributed by atoms with Crippen molar-refractivity contribution in [3.05, 3.63) is 63.7 Å². The summed E-state index contributed by atoms with van der Waals surface area (Å²) < 4.78 is 27.7. The second-order valence-electron chi connectivity index (χ2n) is 6.69. The first-order valence-electron chi connectivity index (χ1n) is 8.73. The molecule has 2 aromatic carbocycles. The van der Waals surface area contributed by atoms with Crippen molar-refractivity contribution in [1.82, 2.24) is 10.0 Å². The lowest BCUT2D eigenvalue weighted by Crippen LogP contribution is -2.32. The van der Waals surface area contributed by atoms with E-state index in [0.29, 0.717) is 16.1 Å². The van der Waals surface area contributed by atoms with Gasteiger partial charge in [0, 0.05) is 18.0 Å². The Balaban J connectivity index is 1.95. The number of rotatable bonds is 7. The van der Waals surface area contributed by atoms with Crippen LogP contribution in [-0.4, -0.2) is 20.9 Å². The molecule has 146 valence electrons. The van der Waals surface area contributed by atoms with Gasteiger partial charge in [0.15, 0.2) is 0 Å². The SMILES string of the molecule is Cc1cc(C)c(S(=O)(=O)NCCC(=O)NC(C)c2ccccc2Cl)c(C)c1. The van der Waals surface area contributed by atoms with Gasteiger partial charge in [-0.25, -0.2) is 13.1 Å². The first-order chi connectivity index (χ1) is 12.6. The molecule has 0 heterocycles. The summed E-state index contributed by atoms with van der Waals surface area (Å²) in [6.45, 7) is 7.33. The van der Waals surface area contributed by atoms with E-state index in [9.17, 15) is 13.2 Å². The minimum atomic E-state index is -3.67. The Bertz CT molecular complexity index is 919. The fourth-order valence-electron chi connectivity index (χ4n) is 3.18. The Hall–Kier alpha value is -1.89. The van der Waals surface area contributed by atoms with Crippen molar-refractivity contribution >= 4 is 27.5 Å². The van der Waals surface area contributed by atoms with Crippen LogP contribution >= 0.6 is 11.6 Å². The van der Waals surface area contributed by atoms with Gasteiger partial charge in [-0.1, -0.05) is 47.5 Å². The van der Waals surface area contributed by atoms with Gasteiger partial charge in [-0.3, -0.25) is 4.79 Å². The summed E-state index contributed by atoms with van der Waals surface area (Å²) in [4.78, 5) is 12.4. The Kier molecular flexibility index (Phi) is 7.03. The highest BCUT2D eigenvalue weighted by Gasteiger charge is 2.20. The number of benzene rings is 2. The summed E-state index contributed by atoms with van der Waals surface area (Å²) in [6.07, 6.45) is 0.0397. The molecule has 0 aromatic heterocycles. The van der Waals surface area contributed by atoms with Crippen molar-refractivity contribution in [2.45, 2.75) is 45.1 Å². The van der Waals surface area contributed by atoms with Gasteiger partial charge in [-0.05, 0) is 50.5 Å². The van der Waals surface area contributed by atoms with Crippen LogP contribution in [-0.2, 0) is 14.8 Å². The third kappa shape index (κ3) is 5.54. The molecule has 2 rings (SSSR count). The van der Waals surface area contributed by atoms with Crippen molar-refractivity contribution < 1.29 is 13.2 Å². The predicted octanol–water partition coefficient (Wildman–Crippen LogP) is 3.81. The normalized spacial score (nSPS) is 12.6. The van der Waals surface area contributed by atoms with Gasteiger partial charge in [0.05, 0.1) is 10.9 Å². The number of aryl methyl sites for hydroxylation is 3. The summed E-state index contributed by atoms with van der Waals surface area (Å²) in [5.41, 5.74) is 3.21. The predicted molar refractivity (Wildman–Crippen MR) is 108 cm³/mol. The molecule has 0 saturated heterocycles. The van der Waals surface area contributed by atoms with E-state index < -0.39 is 10.0 Å². The van der Waals surface area contributed by atoms with Gasteiger partial charge in [0.2, 0.25) is 15.9 Å². The van der Waals surface area contributed by atoms with E-state index in [4.69, 9.17) is 11.6 Å². The molecule has 2 aromatic rings. The summed E-state index contributed by atoms with van der Waals surface area (Å²) in [5, 5.41) is 3.41. The lowest BCUT2D eigenvalue weighted by Gasteiger charge is -2.16. The van der Waals surface area contributed by atoms with Gasteiger partial charge in [-0.2, -0.15) is 0 Å². The van der Waals surface area contributed by atoms with E-state index in [1.165, 1.54) is 0 Å². The standard InChI is InChI=1S/C20H25ClN2O3S/c1-13-11-14(2)20(15(3)12-13)27(25,26)22-10-9-19(24)23-16(4)17-7-5-6-8-18(17)21/h5-8,11-12,16,22H,9-10H2,1-4H3,(H,23,24). The zero-order valence-corrected chi connectivity index (χ0v) is 17.5. The van der Waals surface area contributed by atoms with Crippen LogP contribution in [0.4, 0.5) is 0 Å². The highest BCUT2D eigenvalue weighted by molar-refractivity contribution is 7.89. The van der Waals surface area contributed by atoms with E-state index in [1.807, 2.05) is 44.2 Å². The number of hydrogen-bond donors (Lipinski definition) is 2. The van der Waals surface area contributed by atoms with Crippen molar-refractivity contribution in [2.75, 3.05) is 6.54 Å². The van der Waals surface area contributed by atoms with Crippen LogP contribution in [0.5, 0.6) is 0 Å².